The number of benzene rings is 1. The molecule has 0 radical (unpaired) electrons. The highest BCUT2D eigenvalue weighted by atomic mass is 16.5. The number of ether oxygens (including phenoxy) is 1. The molecule has 1 aromatic carbocycles. The van der Waals surface area contributed by atoms with Crippen molar-refractivity contribution >= 4 is 17.7 Å². The predicted molar refractivity (Wildman–Crippen MR) is 109 cm³/mol. The number of carbonyl (C=O) groups excluding carboxylic acids is 1. The number of hydrogen-bond acceptors (Lipinski definition) is 4. The summed E-state index contributed by atoms with van der Waals surface area (Å²) in [7, 11) is 0. The number of urea groups is 1. The fourth-order valence-electron chi connectivity index (χ4n) is 3.86. The Hall–Kier alpha value is -2.67. The first kappa shape index (κ1) is 18.7. The Morgan fingerprint density at radius 2 is 2.07 bits per heavy atom. The Morgan fingerprint density at radius 1 is 1.29 bits per heavy atom. The number of aliphatic imine (C=N–C) groups is 1. The monoisotopic (exact) mass is 381 g/mol. The van der Waals surface area contributed by atoms with Crippen molar-refractivity contribution in [2.75, 3.05) is 24.6 Å². The molecule has 2 amide bonds. The van der Waals surface area contributed by atoms with Crippen molar-refractivity contribution in [3.8, 4) is 0 Å². The minimum atomic E-state index is -0.162. The molecule has 0 aliphatic carbocycles. The summed E-state index contributed by atoms with van der Waals surface area (Å²) in [5.41, 5.74) is 2.05. The summed E-state index contributed by atoms with van der Waals surface area (Å²) in [4.78, 5) is 29.7. The van der Waals surface area contributed by atoms with Crippen molar-refractivity contribution in [3.05, 3.63) is 47.4 Å². The normalized spacial score (nSPS) is 19.5. The van der Waals surface area contributed by atoms with Gasteiger partial charge in [-0.3, -0.25) is 14.8 Å². The highest BCUT2D eigenvalue weighted by Crippen LogP contribution is 2.33. The van der Waals surface area contributed by atoms with E-state index >= 15 is 0 Å². The van der Waals surface area contributed by atoms with Gasteiger partial charge in [-0.15, -0.1) is 0 Å². The van der Waals surface area contributed by atoms with Crippen LogP contribution in [0.25, 0.3) is 0 Å². The van der Waals surface area contributed by atoms with Crippen LogP contribution < -0.4 is 4.90 Å². The molecule has 2 aliphatic heterocycles. The van der Waals surface area contributed by atoms with Gasteiger partial charge in [0.2, 0.25) is 0 Å². The smallest absolute Gasteiger partial charge is 0.331 e. The Balaban J connectivity index is 1.68. The molecule has 0 saturated heterocycles. The molecule has 7 heteroatoms. The third-order valence-corrected chi connectivity index (χ3v) is 5.16. The number of carbonyl (C=O) groups is 1. The second-order valence-electron chi connectivity index (χ2n) is 7.26. The number of rotatable bonds is 7. The quantitative estimate of drug-likeness (QED) is 0.797. The molecular formula is C21H27N5O2. The Bertz CT molecular complexity index is 876. The average molecular weight is 381 g/mol. The molecule has 148 valence electrons. The number of nitrogens with one attached hydrogen (secondary N) is 1. The summed E-state index contributed by atoms with van der Waals surface area (Å²) in [6.45, 7) is 7.82. The number of hydrogen-bond donors (Lipinski definition) is 1. The molecule has 4 rings (SSSR count). The number of imidazole rings is 1. The largest absolute Gasteiger partial charge is 0.371 e. The van der Waals surface area contributed by atoms with E-state index in [0.29, 0.717) is 31.3 Å². The molecule has 0 fully saturated rings. The molecule has 1 aromatic heterocycles. The van der Waals surface area contributed by atoms with Gasteiger partial charge in [-0.05, 0) is 32.3 Å². The zero-order valence-electron chi connectivity index (χ0n) is 16.7. The lowest BCUT2D eigenvalue weighted by Gasteiger charge is -2.32. The summed E-state index contributed by atoms with van der Waals surface area (Å²) < 4.78 is 5.69. The molecule has 7 nitrogen and oxygen atoms in total. The number of anilines is 1. The molecule has 1 N–H and O–H groups in total. The summed E-state index contributed by atoms with van der Waals surface area (Å²) in [6, 6.07) is 10.3. The highest BCUT2D eigenvalue weighted by Gasteiger charge is 2.42. The molecule has 0 saturated carbocycles. The van der Waals surface area contributed by atoms with E-state index in [1.54, 1.807) is 9.80 Å². The molecule has 3 heterocycles. The summed E-state index contributed by atoms with van der Waals surface area (Å²) in [5, 5.41) is 0. The molecule has 2 aromatic rings. The SMILES string of the molecule is CCCN1C(=O)N2C[C@@H](Cc3ccccc3)N=C2c2[nH]c(C(C)OCC)nc21. The average Bonchev–Trinajstić information content (AvgIpc) is 3.31. The van der Waals surface area contributed by atoms with Crippen LogP contribution in [0.2, 0.25) is 0 Å². The van der Waals surface area contributed by atoms with E-state index in [-0.39, 0.29) is 18.2 Å². The first-order valence-electron chi connectivity index (χ1n) is 10.0. The van der Waals surface area contributed by atoms with Crippen LogP contribution >= 0.6 is 0 Å². The highest BCUT2D eigenvalue weighted by molar-refractivity contribution is 6.18. The Kier molecular flexibility index (Phi) is 5.17. The van der Waals surface area contributed by atoms with E-state index in [2.05, 4.69) is 24.0 Å². The van der Waals surface area contributed by atoms with Gasteiger partial charge in [-0.25, -0.2) is 9.78 Å². The van der Waals surface area contributed by atoms with Gasteiger partial charge in [0.05, 0.1) is 12.6 Å². The zero-order chi connectivity index (χ0) is 19.7. The number of fused-ring (bicyclic) bond motifs is 3. The van der Waals surface area contributed by atoms with Crippen molar-refractivity contribution in [2.24, 2.45) is 4.99 Å². The zero-order valence-corrected chi connectivity index (χ0v) is 16.7. The molecule has 1 unspecified atom stereocenters. The van der Waals surface area contributed by atoms with Gasteiger partial charge in [0.1, 0.15) is 17.6 Å². The Morgan fingerprint density at radius 3 is 2.79 bits per heavy atom. The molecule has 28 heavy (non-hydrogen) atoms. The number of amidine groups is 1. The number of nitrogens with zero attached hydrogens (tertiary/aromatic N) is 4. The van der Waals surface area contributed by atoms with Crippen LogP contribution in [0.15, 0.2) is 35.3 Å². The van der Waals surface area contributed by atoms with Crippen LogP contribution in [-0.2, 0) is 11.2 Å². The Labute approximate surface area is 165 Å². The van der Waals surface area contributed by atoms with Crippen LogP contribution in [-0.4, -0.2) is 52.5 Å². The van der Waals surface area contributed by atoms with Gasteiger partial charge < -0.3 is 9.72 Å². The standard InChI is InChI=1S/C21H27N5O2/c1-4-11-25-20-17(23-18(24-20)14(3)28-5-2)19-22-16(13-26(19)21(25)27)12-15-9-7-6-8-10-15/h6-10,14,16H,4-5,11-13H2,1-3H3,(H,23,24)/t14?,16-/m1/s1. The van der Waals surface area contributed by atoms with E-state index in [1.807, 2.05) is 32.0 Å². The van der Waals surface area contributed by atoms with Gasteiger partial charge in [0.25, 0.3) is 0 Å². The van der Waals surface area contributed by atoms with Crippen molar-refractivity contribution in [3.63, 3.8) is 0 Å². The molecule has 0 bridgehead atoms. The lowest BCUT2D eigenvalue weighted by Crippen LogP contribution is -2.50. The first-order chi connectivity index (χ1) is 13.6. The minimum absolute atomic E-state index is 0.0363. The number of aromatic amines is 1. The fourth-order valence-corrected chi connectivity index (χ4v) is 3.86. The van der Waals surface area contributed by atoms with Crippen molar-refractivity contribution in [2.45, 2.75) is 45.8 Å². The molecule has 2 atom stereocenters. The van der Waals surface area contributed by atoms with Crippen LogP contribution in [0.3, 0.4) is 0 Å². The lowest BCUT2D eigenvalue weighted by atomic mass is 10.1. The number of H-pyrrole nitrogens is 1. The van der Waals surface area contributed by atoms with Gasteiger partial charge in [0, 0.05) is 13.2 Å². The maximum atomic E-state index is 13.1. The van der Waals surface area contributed by atoms with Crippen molar-refractivity contribution in [1.29, 1.82) is 0 Å². The third kappa shape index (κ3) is 3.30. The molecular weight excluding hydrogens is 354 g/mol. The number of aromatic nitrogens is 2. The maximum absolute atomic E-state index is 13.1. The van der Waals surface area contributed by atoms with Crippen molar-refractivity contribution in [1.82, 2.24) is 14.9 Å². The van der Waals surface area contributed by atoms with Gasteiger partial charge >= 0.3 is 6.03 Å². The van der Waals surface area contributed by atoms with E-state index < -0.39 is 0 Å². The van der Waals surface area contributed by atoms with E-state index in [0.717, 1.165) is 24.4 Å². The minimum Gasteiger partial charge on any atom is -0.371 e. The third-order valence-electron chi connectivity index (χ3n) is 5.16. The molecule has 0 spiro atoms. The summed E-state index contributed by atoms with van der Waals surface area (Å²) in [6.07, 6.45) is 1.51. The van der Waals surface area contributed by atoms with E-state index in [4.69, 9.17) is 14.7 Å². The van der Waals surface area contributed by atoms with Crippen molar-refractivity contribution < 1.29 is 9.53 Å². The molecule has 2 aliphatic rings. The first-order valence-corrected chi connectivity index (χ1v) is 10.0. The van der Waals surface area contributed by atoms with Crippen LogP contribution in [0.4, 0.5) is 10.6 Å². The van der Waals surface area contributed by atoms with E-state index in [1.165, 1.54) is 5.56 Å². The second-order valence-corrected chi connectivity index (χ2v) is 7.26. The van der Waals surface area contributed by atoms with E-state index in [9.17, 15) is 4.79 Å². The van der Waals surface area contributed by atoms with Gasteiger partial charge in [0.15, 0.2) is 11.7 Å². The maximum Gasteiger partial charge on any atom is 0.331 e. The van der Waals surface area contributed by atoms with Crippen LogP contribution in [0.5, 0.6) is 0 Å². The summed E-state index contributed by atoms with van der Waals surface area (Å²) in [5.74, 6) is 2.11. The topological polar surface area (TPSA) is 73.8 Å². The fraction of sp³-hybridized carbons (Fsp3) is 0.476. The number of amides is 2. The lowest BCUT2D eigenvalue weighted by molar-refractivity contribution is 0.0707. The summed E-state index contributed by atoms with van der Waals surface area (Å²) >= 11 is 0. The van der Waals surface area contributed by atoms with Crippen LogP contribution in [0, 0.1) is 0 Å². The van der Waals surface area contributed by atoms with Gasteiger partial charge in [-0.2, -0.15) is 0 Å². The van der Waals surface area contributed by atoms with Crippen LogP contribution in [0.1, 0.15) is 50.4 Å². The second kappa shape index (κ2) is 7.75. The van der Waals surface area contributed by atoms with Gasteiger partial charge in [-0.1, -0.05) is 37.3 Å². The predicted octanol–water partition coefficient (Wildman–Crippen LogP) is 3.53.